The quantitative estimate of drug-likeness (QED) is 0.638. The van der Waals surface area contributed by atoms with Gasteiger partial charge in [-0.05, 0) is 43.2 Å². The Kier molecular flexibility index (Phi) is 4.33. The van der Waals surface area contributed by atoms with Crippen molar-refractivity contribution in [2.45, 2.75) is 6.92 Å². The van der Waals surface area contributed by atoms with Gasteiger partial charge in [0.05, 0.1) is 5.69 Å². The molecule has 0 fully saturated rings. The molecule has 24 heavy (non-hydrogen) atoms. The molecule has 3 rings (SSSR count). The summed E-state index contributed by atoms with van der Waals surface area (Å²) < 4.78 is 1.81. The van der Waals surface area contributed by atoms with Gasteiger partial charge in [-0.15, -0.1) is 0 Å². The molecule has 0 aliphatic heterocycles. The van der Waals surface area contributed by atoms with Crippen molar-refractivity contribution >= 4 is 11.6 Å². The van der Waals surface area contributed by atoms with E-state index in [0.717, 1.165) is 16.8 Å². The van der Waals surface area contributed by atoms with E-state index in [1.165, 1.54) is 0 Å². The highest BCUT2D eigenvalue weighted by Crippen LogP contribution is 2.23. The molecule has 5 heteroatoms. The highest BCUT2D eigenvalue weighted by Gasteiger charge is 2.15. The predicted octanol–water partition coefficient (Wildman–Crippen LogP) is 3.72. The number of aromatic nitrogens is 3. The molecule has 0 bridgehead atoms. The number of pyridine rings is 1. The lowest BCUT2D eigenvalue weighted by atomic mass is 10.1. The Morgan fingerprint density at radius 1 is 1.17 bits per heavy atom. The largest absolute Gasteiger partial charge is 0.319 e. The predicted molar refractivity (Wildman–Crippen MR) is 93.3 cm³/mol. The number of imidazole rings is 1. The lowest BCUT2D eigenvalue weighted by molar-refractivity contribution is 0.900. The maximum absolute atomic E-state index is 9.38. The Morgan fingerprint density at radius 2 is 2.00 bits per heavy atom. The average molecular weight is 333 g/mol. The standard InChI is InChI=1S/C19H13ClN4/c1-13-6-8-15(12-22-13)19-17(11-21)23-18(24(19)2)9-7-14-4-3-5-16(20)10-14/h3-6,8,10,12H,1-2H3. The fourth-order valence-electron chi connectivity index (χ4n) is 2.32. The summed E-state index contributed by atoms with van der Waals surface area (Å²) >= 11 is 5.96. The zero-order chi connectivity index (χ0) is 17.1. The van der Waals surface area contributed by atoms with E-state index in [-0.39, 0.29) is 0 Å². The first-order valence-corrected chi connectivity index (χ1v) is 7.63. The van der Waals surface area contributed by atoms with Gasteiger partial charge >= 0.3 is 0 Å². The van der Waals surface area contributed by atoms with Gasteiger partial charge < -0.3 is 4.57 Å². The molecular weight excluding hydrogens is 320 g/mol. The van der Waals surface area contributed by atoms with Gasteiger partial charge in [0.15, 0.2) is 11.5 Å². The van der Waals surface area contributed by atoms with Crippen molar-refractivity contribution in [1.29, 1.82) is 5.26 Å². The third-order valence-corrected chi connectivity index (χ3v) is 3.76. The number of halogens is 1. The number of hydrogen-bond donors (Lipinski definition) is 0. The molecule has 0 atom stereocenters. The number of nitriles is 1. The van der Waals surface area contributed by atoms with Crippen LogP contribution in [-0.2, 0) is 7.05 Å². The molecule has 0 unspecified atom stereocenters. The van der Waals surface area contributed by atoms with E-state index >= 15 is 0 Å². The van der Waals surface area contributed by atoms with Crippen molar-refractivity contribution in [2.75, 3.05) is 0 Å². The topological polar surface area (TPSA) is 54.5 Å². The highest BCUT2D eigenvalue weighted by molar-refractivity contribution is 6.30. The molecular formula is C19H13ClN4. The van der Waals surface area contributed by atoms with Crippen LogP contribution < -0.4 is 0 Å². The third-order valence-electron chi connectivity index (χ3n) is 3.53. The molecule has 0 saturated heterocycles. The van der Waals surface area contributed by atoms with Crippen LogP contribution in [0, 0.1) is 30.1 Å². The van der Waals surface area contributed by atoms with Crippen molar-refractivity contribution in [3.63, 3.8) is 0 Å². The van der Waals surface area contributed by atoms with Crippen molar-refractivity contribution in [1.82, 2.24) is 14.5 Å². The van der Waals surface area contributed by atoms with Crippen LogP contribution in [0.4, 0.5) is 0 Å². The Morgan fingerprint density at radius 3 is 2.67 bits per heavy atom. The molecule has 116 valence electrons. The second kappa shape index (κ2) is 6.58. The summed E-state index contributed by atoms with van der Waals surface area (Å²) in [6.45, 7) is 1.92. The van der Waals surface area contributed by atoms with Crippen LogP contribution in [0.25, 0.3) is 11.3 Å². The highest BCUT2D eigenvalue weighted by atomic mass is 35.5. The zero-order valence-electron chi connectivity index (χ0n) is 13.2. The first-order chi connectivity index (χ1) is 11.6. The zero-order valence-corrected chi connectivity index (χ0v) is 14.0. The lowest BCUT2D eigenvalue weighted by Gasteiger charge is -2.03. The van der Waals surface area contributed by atoms with Gasteiger partial charge in [-0.3, -0.25) is 4.98 Å². The molecule has 0 spiro atoms. The third kappa shape index (κ3) is 3.15. The Balaban J connectivity index is 2.06. The molecule has 0 saturated carbocycles. The number of hydrogen-bond acceptors (Lipinski definition) is 3. The lowest BCUT2D eigenvalue weighted by Crippen LogP contribution is -1.96. The van der Waals surface area contributed by atoms with Gasteiger partial charge in [0.1, 0.15) is 6.07 Å². The van der Waals surface area contributed by atoms with Crippen molar-refractivity contribution in [2.24, 2.45) is 7.05 Å². The Labute approximate surface area is 145 Å². The molecule has 3 aromatic rings. The molecule has 1 aromatic carbocycles. The number of benzene rings is 1. The first-order valence-electron chi connectivity index (χ1n) is 7.26. The van der Waals surface area contributed by atoms with E-state index in [9.17, 15) is 5.26 Å². The van der Waals surface area contributed by atoms with E-state index in [1.807, 2.05) is 42.8 Å². The fourth-order valence-corrected chi connectivity index (χ4v) is 2.51. The van der Waals surface area contributed by atoms with Gasteiger partial charge in [-0.2, -0.15) is 5.26 Å². The summed E-state index contributed by atoms with van der Waals surface area (Å²) in [5, 5.41) is 10.0. The van der Waals surface area contributed by atoms with Gasteiger partial charge in [0.2, 0.25) is 0 Å². The van der Waals surface area contributed by atoms with E-state index in [0.29, 0.717) is 22.2 Å². The summed E-state index contributed by atoms with van der Waals surface area (Å²) in [6.07, 6.45) is 1.74. The smallest absolute Gasteiger partial charge is 0.187 e. The van der Waals surface area contributed by atoms with Crippen LogP contribution >= 0.6 is 11.6 Å². The van der Waals surface area contributed by atoms with Crippen molar-refractivity contribution < 1.29 is 0 Å². The van der Waals surface area contributed by atoms with Crippen LogP contribution in [0.2, 0.25) is 5.02 Å². The molecule has 0 radical (unpaired) electrons. The Bertz CT molecular complexity index is 999. The number of rotatable bonds is 1. The summed E-state index contributed by atoms with van der Waals surface area (Å²) in [5.74, 6) is 6.55. The van der Waals surface area contributed by atoms with E-state index in [4.69, 9.17) is 11.6 Å². The minimum absolute atomic E-state index is 0.332. The molecule has 2 heterocycles. The minimum atomic E-state index is 0.332. The molecule has 0 N–H and O–H groups in total. The number of aryl methyl sites for hydroxylation is 1. The summed E-state index contributed by atoms with van der Waals surface area (Å²) in [6, 6.07) is 13.3. The van der Waals surface area contributed by atoms with Crippen LogP contribution in [0.5, 0.6) is 0 Å². The van der Waals surface area contributed by atoms with Crippen LogP contribution in [0.1, 0.15) is 22.8 Å². The SMILES string of the molecule is Cc1ccc(-c2c(C#N)nc(C#Cc3cccc(Cl)c3)n2C)cn1. The van der Waals surface area contributed by atoms with Gasteiger partial charge in [-0.1, -0.05) is 23.6 Å². The van der Waals surface area contributed by atoms with Crippen LogP contribution in [0.15, 0.2) is 42.6 Å². The fraction of sp³-hybridized carbons (Fsp3) is 0.105. The summed E-state index contributed by atoms with van der Waals surface area (Å²) in [5.41, 5.74) is 3.59. The summed E-state index contributed by atoms with van der Waals surface area (Å²) in [4.78, 5) is 8.62. The van der Waals surface area contributed by atoms with Gasteiger partial charge in [0, 0.05) is 35.1 Å². The Hall–Kier alpha value is -3.08. The van der Waals surface area contributed by atoms with E-state index < -0.39 is 0 Å². The average Bonchev–Trinajstić information content (AvgIpc) is 2.90. The van der Waals surface area contributed by atoms with Crippen molar-refractivity contribution in [3.05, 3.63) is 70.4 Å². The molecule has 4 nitrogen and oxygen atoms in total. The second-order valence-electron chi connectivity index (χ2n) is 5.25. The van der Waals surface area contributed by atoms with Gasteiger partial charge in [-0.25, -0.2) is 4.98 Å². The molecule has 0 amide bonds. The number of nitrogens with zero attached hydrogens (tertiary/aromatic N) is 4. The van der Waals surface area contributed by atoms with Crippen LogP contribution in [0.3, 0.4) is 0 Å². The maximum Gasteiger partial charge on any atom is 0.187 e. The monoisotopic (exact) mass is 332 g/mol. The molecule has 0 aliphatic carbocycles. The summed E-state index contributed by atoms with van der Waals surface area (Å²) in [7, 11) is 1.84. The van der Waals surface area contributed by atoms with E-state index in [1.54, 1.807) is 18.3 Å². The molecule has 0 aliphatic rings. The van der Waals surface area contributed by atoms with E-state index in [2.05, 4.69) is 27.9 Å². The van der Waals surface area contributed by atoms with Crippen molar-refractivity contribution in [3.8, 4) is 29.2 Å². The normalized spacial score (nSPS) is 9.92. The minimum Gasteiger partial charge on any atom is -0.319 e. The molecule has 2 aromatic heterocycles. The van der Waals surface area contributed by atoms with Gasteiger partial charge in [0.25, 0.3) is 0 Å². The second-order valence-corrected chi connectivity index (χ2v) is 5.69. The maximum atomic E-state index is 9.38. The van der Waals surface area contributed by atoms with Crippen LogP contribution in [-0.4, -0.2) is 14.5 Å². The first kappa shape index (κ1) is 15.8.